The molecule has 0 heterocycles. The Morgan fingerprint density at radius 2 is 1.44 bits per heavy atom. The maximum Gasteiger partial charge on any atom is 0.143 e. The Morgan fingerprint density at radius 1 is 1.00 bits per heavy atom. The Labute approximate surface area is 160 Å². The van der Waals surface area contributed by atoms with E-state index in [2.05, 4.69) is 16.1 Å². The zero-order chi connectivity index (χ0) is 17.1. The average Bonchev–Trinajstić information content (AvgIpc) is 2.53. The van der Waals surface area contributed by atoms with Gasteiger partial charge >= 0.3 is 0 Å². The number of hydrogen-bond acceptors (Lipinski definition) is 3. The number of amidine groups is 1. The smallest absolute Gasteiger partial charge is 0.143 e. The number of hydrogen-bond donors (Lipinski definition) is 1. The summed E-state index contributed by atoms with van der Waals surface area (Å²) in [5, 5.41) is 13.3. The molecule has 0 saturated carbocycles. The summed E-state index contributed by atoms with van der Waals surface area (Å²) in [5.41, 5.74) is 7.61. The van der Waals surface area contributed by atoms with E-state index in [1.807, 2.05) is 36.4 Å². The molecule has 6 heteroatoms. The van der Waals surface area contributed by atoms with Gasteiger partial charge in [0.25, 0.3) is 0 Å². The van der Waals surface area contributed by atoms with Crippen LogP contribution in [0.3, 0.4) is 0 Å². The summed E-state index contributed by atoms with van der Waals surface area (Å²) >= 11 is 11.4. The molecule has 0 amide bonds. The predicted molar refractivity (Wildman–Crippen MR) is 108 cm³/mol. The molecular weight excluding hydrogens is 357 g/mol. The van der Waals surface area contributed by atoms with E-state index in [-0.39, 0.29) is 14.9 Å². The van der Waals surface area contributed by atoms with Crippen LogP contribution in [-0.2, 0) is 17.7 Å². The van der Waals surface area contributed by atoms with E-state index >= 15 is 0 Å². The lowest BCUT2D eigenvalue weighted by Gasteiger charge is -1.99. The van der Waals surface area contributed by atoms with Crippen molar-refractivity contribution in [3.05, 3.63) is 69.7 Å². The van der Waals surface area contributed by atoms with Gasteiger partial charge in [0.2, 0.25) is 0 Å². The number of benzene rings is 2. The van der Waals surface area contributed by atoms with Crippen LogP contribution in [0, 0.1) is 11.3 Å². The monoisotopic (exact) mass is 381 g/mol. The van der Waals surface area contributed by atoms with Crippen LogP contribution in [0.1, 0.15) is 26.0 Å². The van der Waals surface area contributed by atoms with E-state index in [1.165, 1.54) is 7.11 Å². The van der Waals surface area contributed by atoms with Crippen molar-refractivity contribution in [1.82, 2.24) is 0 Å². The third kappa shape index (κ3) is 11.0. The second-order valence-corrected chi connectivity index (χ2v) is 5.40. The van der Waals surface area contributed by atoms with Crippen molar-refractivity contribution in [1.29, 1.82) is 5.26 Å². The first-order valence-electron chi connectivity index (χ1n) is 6.76. The molecule has 25 heavy (non-hydrogen) atoms. The van der Waals surface area contributed by atoms with Gasteiger partial charge in [-0.25, -0.2) is 0 Å². The molecule has 4 nitrogen and oxygen atoms in total. The molecule has 0 unspecified atom stereocenters. The van der Waals surface area contributed by atoms with Gasteiger partial charge in [0, 0.05) is 16.5 Å². The lowest BCUT2D eigenvalue weighted by atomic mass is 10.1. The SMILES string of the molecule is C.C.CO/N=C(/N)Cc1ccc(Cl)cc1.N#CCc1ccc(Cl)cc1. The summed E-state index contributed by atoms with van der Waals surface area (Å²) in [6.07, 6.45) is 1.03. The Hall–Kier alpha value is -2.22. The van der Waals surface area contributed by atoms with E-state index in [4.69, 9.17) is 34.2 Å². The first-order chi connectivity index (χ1) is 11.0. The molecule has 136 valence electrons. The van der Waals surface area contributed by atoms with Gasteiger partial charge in [-0.1, -0.05) is 67.5 Å². The van der Waals surface area contributed by atoms with Crippen molar-refractivity contribution in [2.75, 3.05) is 7.11 Å². The second-order valence-electron chi connectivity index (χ2n) is 4.53. The Balaban J connectivity index is 0. The highest BCUT2D eigenvalue weighted by atomic mass is 35.5. The normalized spacial score (nSPS) is 9.44. The summed E-state index contributed by atoms with van der Waals surface area (Å²) in [6, 6.07) is 16.8. The maximum atomic E-state index is 8.31. The average molecular weight is 382 g/mol. The van der Waals surface area contributed by atoms with Gasteiger partial charge in [-0.05, 0) is 35.4 Å². The maximum absolute atomic E-state index is 8.31. The van der Waals surface area contributed by atoms with Gasteiger partial charge in [-0.2, -0.15) is 5.26 Å². The van der Waals surface area contributed by atoms with Crippen molar-refractivity contribution in [3.8, 4) is 6.07 Å². The molecule has 0 aliphatic carbocycles. The third-order valence-corrected chi connectivity index (χ3v) is 3.21. The molecule has 2 rings (SSSR count). The van der Waals surface area contributed by atoms with Gasteiger partial charge in [-0.3, -0.25) is 0 Å². The Bertz CT molecular complexity index is 663. The fourth-order valence-electron chi connectivity index (χ4n) is 1.65. The molecule has 0 aromatic heterocycles. The van der Waals surface area contributed by atoms with Crippen molar-refractivity contribution >= 4 is 29.0 Å². The second kappa shape index (κ2) is 14.2. The zero-order valence-electron chi connectivity index (χ0n) is 12.7. The van der Waals surface area contributed by atoms with Crippen molar-refractivity contribution in [2.45, 2.75) is 27.7 Å². The number of nitrogens with two attached hydrogens (primary N) is 1. The van der Waals surface area contributed by atoms with Crippen LogP contribution in [0.25, 0.3) is 0 Å². The van der Waals surface area contributed by atoms with E-state index in [0.29, 0.717) is 28.7 Å². The summed E-state index contributed by atoms with van der Waals surface area (Å²) in [6.45, 7) is 0. The van der Waals surface area contributed by atoms with Crippen LogP contribution in [0.4, 0.5) is 0 Å². The van der Waals surface area contributed by atoms with Crippen molar-refractivity contribution in [2.24, 2.45) is 10.9 Å². The quantitative estimate of drug-likeness (QED) is 0.432. The minimum Gasteiger partial charge on any atom is -0.398 e. The molecule has 2 aromatic rings. The molecule has 0 aliphatic rings. The van der Waals surface area contributed by atoms with Gasteiger partial charge in [0.15, 0.2) is 0 Å². The highest BCUT2D eigenvalue weighted by Crippen LogP contribution is 2.10. The Kier molecular flexibility index (Phi) is 14.2. The van der Waals surface area contributed by atoms with Gasteiger partial charge in [-0.15, -0.1) is 0 Å². The Morgan fingerprint density at radius 3 is 1.84 bits per heavy atom. The van der Waals surface area contributed by atoms with Gasteiger partial charge < -0.3 is 10.6 Å². The lowest BCUT2D eigenvalue weighted by molar-refractivity contribution is 0.212. The summed E-state index contributed by atoms with van der Waals surface area (Å²) in [5.74, 6) is 0.449. The molecule has 2 N–H and O–H groups in total. The highest BCUT2D eigenvalue weighted by Gasteiger charge is 1.96. The van der Waals surface area contributed by atoms with Crippen molar-refractivity contribution < 1.29 is 4.84 Å². The van der Waals surface area contributed by atoms with Crippen LogP contribution in [0.2, 0.25) is 10.0 Å². The number of oxime groups is 1. The lowest BCUT2D eigenvalue weighted by Crippen LogP contribution is -2.14. The molecule has 0 radical (unpaired) electrons. The molecule has 0 bridgehead atoms. The molecule has 0 saturated heterocycles. The third-order valence-electron chi connectivity index (χ3n) is 2.70. The standard InChI is InChI=1S/C9H11ClN2O.C8H6ClN.2CH4/c1-13-12-9(11)6-7-2-4-8(10)5-3-7;9-8-3-1-7(2-4-8)5-6-10;;/h2-5H,6H2,1H3,(H2,11,12);1-4H,5H2;2*1H4. The number of nitriles is 1. The summed E-state index contributed by atoms with van der Waals surface area (Å²) in [4.78, 5) is 4.54. The van der Waals surface area contributed by atoms with Gasteiger partial charge in [0.05, 0.1) is 12.5 Å². The van der Waals surface area contributed by atoms with Crippen LogP contribution in [0.5, 0.6) is 0 Å². The van der Waals surface area contributed by atoms with Crippen LogP contribution < -0.4 is 5.73 Å². The number of rotatable bonds is 4. The van der Waals surface area contributed by atoms with Gasteiger partial charge in [0.1, 0.15) is 12.9 Å². The zero-order valence-corrected chi connectivity index (χ0v) is 14.2. The largest absolute Gasteiger partial charge is 0.398 e. The van der Waals surface area contributed by atoms with E-state index in [0.717, 1.165) is 11.1 Å². The molecule has 0 fully saturated rings. The highest BCUT2D eigenvalue weighted by molar-refractivity contribution is 6.30. The fraction of sp³-hybridized carbons (Fsp3) is 0.263. The topological polar surface area (TPSA) is 71.4 Å². The molecule has 0 aliphatic heterocycles. The van der Waals surface area contributed by atoms with Crippen molar-refractivity contribution in [3.63, 3.8) is 0 Å². The number of halogens is 2. The summed E-state index contributed by atoms with van der Waals surface area (Å²) in [7, 11) is 1.47. The van der Waals surface area contributed by atoms with E-state index < -0.39 is 0 Å². The molecular formula is C19H25Cl2N3O. The first kappa shape index (κ1) is 25.0. The molecule has 2 aromatic carbocycles. The minimum absolute atomic E-state index is 0. The van der Waals surface area contributed by atoms with E-state index in [1.54, 1.807) is 12.1 Å². The van der Waals surface area contributed by atoms with E-state index in [9.17, 15) is 0 Å². The van der Waals surface area contributed by atoms with Crippen LogP contribution in [0.15, 0.2) is 53.7 Å². The summed E-state index contributed by atoms with van der Waals surface area (Å²) < 4.78 is 0. The fourth-order valence-corrected chi connectivity index (χ4v) is 1.91. The van der Waals surface area contributed by atoms with Crippen LogP contribution >= 0.6 is 23.2 Å². The number of nitrogens with zero attached hydrogens (tertiary/aromatic N) is 2. The first-order valence-corrected chi connectivity index (χ1v) is 7.52. The molecule has 0 spiro atoms. The predicted octanol–water partition coefficient (Wildman–Crippen LogP) is 5.48. The molecule has 0 atom stereocenters. The minimum atomic E-state index is 0. The van der Waals surface area contributed by atoms with Crippen LogP contribution in [-0.4, -0.2) is 12.9 Å².